The standard InChI is InChI=1S/C10H7BrIN/c11-10-8(6-12)5-7-3-1-2-4-9(7)13-10/h1-5H,6H2. The number of fused-ring (bicyclic) bond motifs is 1. The second kappa shape index (κ2) is 3.92. The Morgan fingerprint density at radius 3 is 2.85 bits per heavy atom. The molecule has 13 heavy (non-hydrogen) atoms. The average Bonchev–Trinajstić information content (AvgIpc) is 2.17. The SMILES string of the molecule is Brc1nc2ccccc2cc1CI. The second-order valence-corrected chi connectivity index (χ2v) is 4.28. The summed E-state index contributed by atoms with van der Waals surface area (Å²) in [5.74, 6) is 0. The summed E-state index contributed by atoms with van der Waals surface area (Å²) < 4.78 is 1.94. The van der Waals surface area contributed by atoms with Gasteiger partial charge in [0.25, 0.3) is 0 Å². The molecule has 2 rings (SSSR count). The van der Waals surface area contributed by atoms with Gasteiger partial charge in [-0.1, -0.05) is 40.8 Å². The molecule has 1 aromatic heterocycles. The highest BCUT2D eigenvalue weighted by molar-refractivity contribution is 14.1. The van der Waals surface area contributed by atoms with Crippen molar-refractivity contribution < 1.29 is 0 Å². The molecule has 0 atom stereocenters. The molecule has 66 valence electrons. The molecule has 0 spiro atoms. The molecule has 0 radical (unpaired) electrons. The van der Waals surface area contributed by atoms with E-state index < -0.39 is 0 Å². The monoisotopic (exact) mass is 347 g/mol. The first-order chi connectivity index (χ1) is 6.31. The molecule has 0 saturated heterocycles. The molecule has 0 aliphatic carbocycles. The van der Waals surface area contributed by atoms with Crippen molar-refractivity contribution in [2.45, 2.75) is 4.43 Å². The van der Waals surface area contributed by atoms with Gasteiger partial charge in [-0.3, -0.25) is 0 Å². The summed E-state index contributed by atoms with van der Waals surface area (Å²) in [5.41, 5.74) is 2.29. The number of nitrogens with zero attached hydrogens (tertiary/aromatic N) is 1. The number of pyridine rings is 1. The van der Waals surface area contributed by atoms with Crippen molar-refractivity contribution in [1.29, 1.82) is 0 Å². The zero-order valence-corrected chi connectivity index (χ0v) is 10.5. The zero-order valence-electron chi connectivity index (χ0n) is 6.80. The minimum absolute atomic E-state index is 0.959. The molecular formula is C10H7BrIN. The molecule has 0 aliphatic heterocycles. The molecule has 0 bridgehead atoms. The lowest BCUT2D eigenvalue weighted by molar-refractivity contribution is 1.27. The highest BCUT2D eigenvalue weighted by Gasteiger charge is 2.01. The summed E-state index contributed by atoms with van der Waals surface area (Å²) in [5, 5.41) is 1.21. The van der Waals surface area contributed by atoms with Gasteiger partial charge in [0.2, 0.25) is 0 Å². The molecule has 0 N–H and O–H groups in total. The molecule has 0 amide bonds. The van der Waals surface area contributed by atoms with E-state index in [1.54, 1.807) is 0 Å². The van der Waals surface area contributed by atoms with E-state index in [0.29, 0.717) is 0 Å². The molecule has 0 unspecified atom stereocenters. The van der Waals surface area contributed by atoms with E-state index in [2.05, 4.69) is 55.6 Å². The van der Waals surface area contributed by atoms with E-state index in [0.717, 1.165) is 14.5 Å². The van der Waals surface area contributed by atoms with Gasteiger partial charge < -0.3 is 0 Å². The summed E-state index contributed by atoms with van der Waals surface area (Å²) in [6.45, 7) is 0. The Morgan fingerprint density at radius 2 is 2.08 bits per heavy atom. The predicted molar refractivity (Wildman–Crippen MR) is 67.2 cm³/mol. The van der Waals surface area contributed by atoms with Gasteiger partial charge in [0, 0.05) is 9.81 Å². The first-order valence-electron chi connectivity index (χ1n) is 3.91. The van der Waals surface area contributed by atoms with E-state index in [-0.39, 0.29) is 0 Å². The molecule has 0 aliphatic rings. The summed E-state index contributed by atoms with van der Waals surface area (Å²) in [6, 6.07) is 10.3. The van der Waals surface area contributed by atoms with E-state index in [4.69, 9.17) is 0 Å². The van der Waals surface area contributed by atoms with E-state index in [9.17, 15) is 0 Å². The maximum absolute atomic E-state index is 4.46. The Hall–Kier alpha value is -0.160. The van der Waals surface area contributed by atoms with Gasteiger partial charge in [-0.25, -0.2) is 4.98 Å². The molecular weight excluding hydrogens is 341 g/mol. The Bertz CT molecular complexity index is 442. The van der Waals surface area contributed by atoms with E-state index in [1.807, 2.05) is 18.2 Å². The summed E-state index contributed by atoms with van der Waals surface area (Å²) in [4.78, 5) is 4.46. The van der Waals surface area contributed by atoms with Crippen LogP contribution in [0.25, 0.3) is 10.9 Å². The van der Waals surface area contributed by atoms with Crippen LogP contribution in [0.3, 0.4) is 0 Å². The fraction of sp³-hybridized carbons (Fsp3) is 0.100. The Labute approximate surface area is 98.8 Å². The molecule has 3 heteroatoms. The molecule has 0 saturated carbocycles. The van der Waals surface area contributed by atoms with Crippen molar-refractivity contribution in [3.05, 3.63) is 40.5 Å². The van der Waals surface area contributed by atoms with Crippen LogP contribution in [0.2, 0.25) is 0 Å². The Morgan fingerprint density at radius 1 is 1.31 bits per heavy atom. The molecule has 1 nitrogen and oxygen atoms in total. The number of aromatic nitrogens is 1. The molecule has 1 heterocycles. The van der Waals surface area contributed by atoms with Crippen LogP contribution in [0.5, 0.6) is 0 Å². The van der Waals surface area contributed by atoms with Crippen molar-refractivity contribution in [3.8, 4) is 0 Å². The fourth-order valence-electron chi connectivity index (χ4n) is 1.23. The van der Waals surface area contributed by atoms with Gasteiger partial charge in [-0.05, 0) is 33.6 Å². The van der Waals surface area contributed by atoms with Crippen molar-refractivity contribution in [1.82, 2.24) is 4.98 Å². The van der Waals surface area contributed by atoms with Gasteiger partial charge in [-0.15, -0.1) is 0 Å². The van der Waals surface area contributed by atoms with Crippen LogP contribution < -0.4 is 0 Å². The lowest BCUT2D eigenvalue weighted by atomic mass is 10.2. The van der Waals surface area contributed by atoms with Crippen LogP contribution in [-0.4, -0.2) is 4.98 Å². The zero-order chi connectivity index (χ0) is 9.26. The number of hydrogen-bond acceptors (Lipinski definition) is 1. The van der Waals surface area contributed by atoms with Gasteiger partial charge in [0.15, 0.2) is 0 Å². The highest BCUT2D eigenvalue weighted by atomic mass is 127. The summed E-state index contributed by atoms with van der Waals surface area (Å²) >= 11 is 5.80. The molecule has 2 aromatic rings. The van der Waals surface area contributed by atoms with Gasteiger partial charge in [0.05, 0.1) is 5.52 Å². The summed E-state index contributed by atoms with van der Waals surface area (Å²) in [7, 11) is 0. The van der Waals surface area contributed by atoms with Crippen molar-refractivity contribution >= 4 is 49.4 Å². The largest absolute Gasteiger partial charge is 0.241 e. The van der Waals surface area contributed by atoms with E-state index in [1.165, 1.54) is 10.9 Å². The van der Waals surface area contributed by atoms with Crippen LogP contribution in [-0.2, 0) is 4.43 Å². The number of halogens is 2. The number of rotatable bonds is 1. The van der Waals surface area contributed by atoms with Crippen LogP contribution in [0.15, 0.2) is 34.9 Å². The maximum Gasteiger partial charge on any atom is 0.110 e. The van der Waals surface area contributed by atoms with Crippen LogP contribution >= 0.6 is 38.5 Å². The minimum Gasteiger partial charge on any atom is -0.241 e. The van der Waals surface area contributed by atoms with Gasteiger partial charge in [-0.2, -0.15) is 0 Å². The van der Waals surface area contributed by atoms with Crippen molar-refractivity contribution in [3.63, 3.8) is 0 Å². The van der Waals surface area contributed by atoms with Crippen LogP contribution in [0, 0.1) is 0 Å². The van der Waals surface area contributed by atoms with E-state index >= 15 is 0 Å². The van der Waals surface area contributed by atoms with Gasteiger partial charge >= 0.3 is 0 Å². The average molecular weight is 348 g/mol. The maximum atomic E-state index is 4.46. The summed E-state index contributed by atoms with van der Waals surface area (Å²) in [6.07, 6.45) is 0. The third-order valence-corrected chi connectivity index (χ3v) is 3.40. The Kier molecular flexibility index (Phi) is 2.83. The normalized spacial score (nSPS) is 10.6. The number of hydrogen-bond donors (Lipinski definition) is 0. The predicted octanol–water partition coefficient (Wildman–Crippen LogP) is 3.93. The molecule has 0 fully saturated rings. The highest BCUT2D eigenvalue weighted by Crippen LogP contribution is 2.22. The van der Waals surface area contributed by atoms with Crippen LogP contribution in [0.1, 0.15) is 5.56 Å². The number of alkyl halides is 1. The third-order valence-electron chi connectivity index (χ3n) is 1.89. The topological polar surface area (TPSA) is 12.9 Å². The quantitative estimate of drug-likeness (QED) is 0.432. The lowest BCUT2D eigenvalue weighted by Crippen LogP contribution is -1.86. The van der Waals surface area contributed by atoms with Gasteiger partial charge in [0.1, 0.15) is 4.60 Å². The smallest absolute Gasteiger partial charge is 0.110 e. The first kappa shape index (κ1) is 9.40. The minimum atomic E-state index is 0.959. The number of benzene rings is 1. The Balaban J connectivity index is 2.74. The first-order valence-corrected chi connectivity index (χ1v) is 6.23. The molecule has 1 aromatic carbocycles. The number of para-hydroxylation sites is 1. The second-order valence-electron chi connectivity index (χ2n) is 2.76. The lowest BCUT2D eigenvalue weighted by Gasteiger charge is -2.02. The van der Waals surface area contributed by atoms with Crippen LogP contribution in [0.4, 0.5) is 0 Å². The van der Waals surface area contributed by atoms with Crippen molar-refractivity contribution in [2.75, 3.05) is 0 Å². The third kappa shape index (κ3) is 1.86. The fourth-order valence-corrected chi connectivity index (χ4v) is 2.78. The van der Waals surface area contributed by atoms with Crippen molar-refractivity contribution in [2.24, 2.45) is 0 Å².